The fourth-order valence-corrected chi connectivity index (χ4v) is 2.44. The fraction of sp³-hybridized carbons (Fsp3) is 0.462. The van der Waals surface area contributed by atoms with Crippen LogP contribution in [0, 0.1) is 5.92 Å². The summed E-state index contributed by atoms with van der Waals surface area (Å²) in [6, 6.07) is 3.77. The third kappa shape index (κ3) is 3.20. The number of hydrogen-bond donors (Lipinski definition) is 2. The molecule has 1 aliphatic rings. The molecule has 0 aliphatic carbocycles. The quantitative estimate of drug-likeness (QED) is 0.796. The number of thiocarbonyl (C=S) groups is 1. The van der Waals surface area contributed by atoms with Gasteiger partial charge < -0.3 is 16.0 Å². The first-order chi connectivity index (χ1) is 9.11. The van der Waals surface area contributed by atoms with Crippen LogP contribution in [0.25, 0.3) is 0 Å². The number of anilines is 1. The molecule has 5 nitrogen and oxygen atoms in total. The van der Waals surface area contributed by atoms with Crippen LogP contribution >= 0.6 is 12.2 Å². The van der Waals surface area contributed by atoms with Crippen molar-refractivity contribution in [3.8, 4) is 0 Å². The molecule has 1 aliphatic heterocycles. The predicted octanol–water partition coefficient (Wildman–Crippen LogP) is 0.678. The van der Waals surface area contributed by atoms with Gasteiger partial charge in [0.1, 0.15) is 10.8 Å². The summed E-state index contributed by atoms with van der Waals surface area (Å²) in [5, 5.41) is 2.71. The third-order valence-corrected chi connectivity index (χ3v) is 3.63. The van der Waals surface area contributed by atoms with Gasteiger partial charge in [0.2, 0.25) is 5.91 Å². The first-order valence-corrected chi connectivity index (χ1v) is 6.75. The van der Waals surface area contributed by atoms with Gasteiger partial charge in [-0.2, -0.15) is 0 Å². The maximum atomic E-state index is 11.7. The summed E-state index contributed by atoms with van der Waals surface area (Å²) >= 11 is 4.90. The van der Waals surface area contributed by atoms with Crippen LogP contribution in [-0.4, -0.2) is 36.0 Å². The lowest BCUT2D eigenvalue weighted by Gasteiger charge is -2.32. The van der Waals surface area contributed by atoms with E-state index in [0.29, 0.717) is 11.5 Å². The predicted molar refractivity (Wildman–Crippen MR) is 79.1 cm³/mol. The van der Waals surface area contributed by atoms with Crippen molar-refractivity contribution in [3.63, 3.8) is 0 Å². The van der Waals surface area contributed by atoms with Gasteiger partial charge in [0.25, 0.3) is 0 Å². The average Bonchev–Trinajstić information content (AvgIpc) is 2.46. The molecule has 0 bridgehead atoms. The maximum Gasteiger partial charge on any atom is 0.224 e. The molecule has 1 atom stereocenters. The number of nitrogens with two attached hydrogens (primary N) is 1. The van der Waals surface area contributed by atoms with Crippen LogP contribution in [0.5, 0.6) is 0 Å². The van der Waals surface area contributed by atoms with Gasteiger partial charge in [-0.1, -0.05) is 12.2 Å². The van der Waals surface area contributed by atoms with Crippen molar-refractivity contribution in [1.29, 1.82) is 0 Å². The van der Waals surface area contributed by atoms with E-state index < -0.39 is 0 Å². The number of carbonyl (C=O) groups is 1. The van der Waals surface area contributed by atoms with E-state index in [-0.39, 0.29) is 11.8 Å². The number of carbonyl (C=O) groups excluding carboxylic acids is 1. The van der Waals surface area contributed by atoms with Gasteiger partial charge in [-0.3, -0.25) is 4.79 Å². The zero-order chi connectivity index (χ0) is 13.8. The Morgan fingerprint density at radius 2 is 2.37 bits per heavy atom. The Morgan fingerprint density at radius 1 is 1.58 bits per heavy atom. The van der Waals surface area contributed by atoms with E-state index in [0.717, 1.165) is 30.8 Å². The number of piperidine rings is 1. The Morgan fingerprint density at radius 3 is 2.95 bits per heavy atom. The average molecular weight is 278 g/mol. The SMILES string of the molecule is CNC(=O)C1CCCN(c2ccc(C(N)=S)cn2)C1. The van der Waals surface area contributed by atoms with Crippen molar-refractivity contribution in [3.05, 3.63) is 23.9 Å². The summed E-state index contributed by atoms with van der Waals surface area (Å²) in [6.45, 7) is 1.63. The summed E-state index contributed by atoms with van der Waals surface area (Å²) in [4.78, 5) is 18.5. The largest absolute Gasteiger partial charge is 0.389 e. The lowest BCUT2D eigenvalue weighted by atomic mass is 9.97. The molecule has 1 amide bonds. The number of nitrogens with one attached hydrogen (secondary N) is 1. The molecule has 1 aromatic heterocycles. The molecule has 1 fully saturated rings. The molecule has 19 heavy (non-hydrogen) atoms. The van der Waals surface area contributed by atoms with Gasteiger partial charge >= 0.3 is 0 Å². The van der Waals surface area contributed by atoms with Gasteiger partial charge in [0.15, 0.2) is 0 Å². The van der Waals surface area contributed by atoms with E-state index in [4.69, 9.17) is 18.0 Å². The van der Waals surface area contributed by atoms with Crippen LogP contribution in [0.15, 0.2) is 18.3 Å². The van der Waals surface area contributed by atoms with Crippen LogP contribution < -0.4 is 16.0 Å². The van der Waals surface area contributed by atoms with Crippen LogP contribution in [0.2, 0.25) is 0 Å². The third-order valence-electron chi connectivity index (χ3n) is 3.39. The zero-order valence-corrected chi connectivity index (χ0v) is 11.7. The van der Waals surface area contributed by atoms with Gasteiger partial charge in [-0.25, -0.2) is 4.98 Å². The van der Waals surface area contributed by atoms with Crippen molar-refractivity contribution in [1.82, 2.24) is 10.3 Å². The molecule has 1 saturated heterocycles. The summed E-state index contributed by atoms with van der Waals surface area (Å²) in [5.41, 5.74) is 6.31. The molecular formula is C13H18N4OS. The molecule has 6 heteroatoms. The monoisotopic (exact) mass is 278 g/mol. The summed E-state index contributed by atoms with van der Waals surface area (Å²) < 4.78 is 0. The van der Waals surface area contributed by atoms with Crippen molar-refractivity contribution in [2.75, 3.05) is 25.0 Å². The Bertz CT molecular complexity index is 474. The minimum atomic E-state index is 0.0378. The molecule has 2 heterocycles. The lowest BCUT2D eigenvalue weighted by Crippen LogP contribution is -2.42. The Kier molecular flexibility index (Phi) is 4.31. The molecule has 3 N–H and O–H groups in total. The second-order valence-corrected chi connectivity index (χ2v) is 5.11. The Labute approximate surface area is 118 Å². The van der Waals surface area contributed by atoms with E-state index in [1.807, 2.05) is 12.1 Å². The van der Waals surface area contributed by atoms with E-state index in [1.54, 1.807) is 13.2 Å². The summed E-state index contributed by atoms with van der Waals surface area (Å²) in [7, 11) is 1.68. The van der Waals surface area contributed by atoms with Gasteiger partial charge in [0, 0.05) is 31.9 Å². The summed E-state index contributed by atoms with van der Waals surface area (Å²) in [6.07, 6.45) is 3.61. The molecule has 0 spiro atoms. The standard InChI is InChI=1S/C13H18N4OS/c1-15-13(18)10-3-2-6-17(8-10)11-5-4-9(7-16-11)12(14)19/h4-5,7,10H,2-3,6,8H2,1H3,(H2,14,19)(H,15,18). The highest BCUT2D eigenvalue weighted by Crippen LogP contribution is 2.21. The highest BCUT2D eigenvalue weighted by atomic mass is 32.1. The molecule has 0 radical (unpaired) electrons. The van der Waals surface area contributed by atoms with Crippen LogP contribution in [0.1, 0.15) is 18.4 Å². The fourth-order valence-electron chi connectivity index (χ4n) is 2.32. The van der Waals surface area contributed by atoms with Gasteiger partial charge in [0.05, 0.1) is 5.92 Å². The van der Waals surface area contributed by atoms with Crippen molar-refractivity contribution in [2.45, 2.75) is 12.8 Å². The second-order valence-electron chi connectivity index (χ2n) is 4.67. The first kappa shape index (κ1) is 13.7. The number of rotatable bonds is 3. The number of hydrogen-bond acceptors (Lipinski definition) is 4. The van der Waals surface area contributed by atoms with Crippen LogP contribution in [-0.2, 0) is 4.79 Å². The normalized spacial score (nSPS) is 19.0. The van der Waals surface area contributed by atoms with Crippen molar-refractivity contribution >= 4 is 28.9 Å². The van der Waals surface area contributed by atoms with Crippen LogP contribution in [0.4, 0.5) is 5.82 Å². The Balaban J connectivity index is 2.08. The Hall–Kier alpha value is -1.69. The number of pyridine rings is 1. The smallest absolute Gasteiger partial charge is 0.224 e. The number of nitrogens with zero attached hydrogens (tertiary/aromatic N) is 2. The molecule has 1 aromatic rings. The van der Waals surface area contributed by atoms with E-state index in [9.17, 15) is 4.79 Å². The lowest BCUT2D eigenvalue weighted by molar-refractivity contribution is -0.124. The van der Waals surface area contributed by atoms with Gasteiger partial charge in [-0.05, 0) is 25.0 Å². The molecular weight excluding hydrogens is 260 g/mol. The van der Waals surface area contributed by atoms with E-state index in [1.165, 1.54) is 0 Å². The highest BCUT2D eigenvalue weighted by Gasteiger charge is 2.25. The first-order valence-electron chi connectivity index (χ1n) is 6.34. The maximum absolute atomic E-state index is 11.7. The van der Waals surface area contributed by atoms with Crippen molar-refractivity contribution in [2.24, 2.45) is 11.7 Å². The second kappa shape index (κ2) is 5.97. The molecule has 0 saturated carbocycles. The molecule has 2 rings (SSSR count). The topological polar surface area (TPSA) is 71.2 Å². The van der Waals surface area contributed by atoms with E-state index >= 15 is 0 Å². The zero-order valence-electron chi connectivity index (χ0n) is 10.9. The minimum Gasteiger partial charge on any atom is -0.389 e. The summed E-state index contributed by atoms with van der Waals surface area (Å²) in [5.74, 6) is 1.01. The number of aromatic nitrogens is 1. The highest BCUT2D eigenvalue weighted by molar-refractivity contribution is 7.80. The van der Waals surface area contributed by atoms with E-state index in [2.05, 4.69) is 15.2 Å². The minimum absolute atomic E-state index is 0.0378. The molecule has 0 aromatic carbocycles. The van der Waals surface area contributed by atoms with Gasteiger partial charge in [-0.15, -0.1) is 0 Å². The van der Waals surface area contributed by atoms with Crippen molar-refractivity contribution < 1.29 is 4.79 Å². The molecule has 1 unspecified atom stereocenters. The van der Waals surface area contributed by atoms with Crippen LogP contribution in [0.3, 0.4) is 0 Å². The molecule has 102 valence electrons. The number of amides is 1.